The number of hydrogen-bond acceptors (Lipinski definition) is 5. The summed E-state index contributed by atoms with van der Waals surface area (Å²) in [5.74, 6) is 0.684. The highest BCUT2D eigenvalue weighted by Gasteiger charge is 2.12. The summed E-state index contributed by atoms with van der Waals surface area (Å²) in [6.07, 6.45) is 0. The molecule has 1 aromatic carbocycles. The highest BCUT2D eigenvalue weighted by atomic mass is 32.2. The van der Waals surface area contributed by atoms with Gasteiger partial charge in [0.25, 0.3) is 0 Å². The first-order valence-corrected chi connectivity index (χ1v) is 8.33. The zero-order valence-corrected chi connectivity index (χ0v) is 13.6. The van der Waals surface area contributed by atoms with Crippen LogP contribution in [0.25, 0.3) is 0 Å². The van der Waals surface area contributed by atoms with Crippen LogP contribution < -0.4 is 10.5 Å². The van der Waals surface area contributed by atoms with Gasteiger partial charge in [0.1, 0.15) is 11.5 Å². The normalized spacial score (nSPS) is 11.3. The lowest BCUT2D eigenvalue weighted by atomic mass is 10.2. The lowest BCUT2D eigenvalue weighted by molar-refractivity contribution is 0.205. The Morgan fingerprint density at radius 3 is 2.52 bits per heavy atom. The fourth-order valence-electron chi connectivity index (χ4n) is 1.92. The van der Waals surface area contributed by atoms with Crippen LogP contribution in [0.4, 0.5) is 4.79 Å². The number of aromatic nitrogens is 1. The van der Waals surface area contributed by atoms with Crippen LogP contribution in [0, 0.1) is 6.92 Å². The minimum atomic E-state index is -3.71. The van der Waals surface area contributed by atoms with Crippen molar-refractivity contribution in [2.75, 3.05) is 7.05 Å². The summed E-state index contributed by atoms with van der Waals surface area (Å²) in [5, 5.41) is 11.6. The molecule has 1 aromatic heterocycles. The van der Waals surface area contributed by atoms with Crippen LogP contribution in [0.2, 0.25) is 0 Å². The van der Waals surface area contributed by atoms with Gasteiger partial charge in [-0.05, 0) is 24.6 Å². The molecule has 2 aromatic rings. The summed E-state index contributed by atoms with van der Waals surface area (Å²) in [6.45, 7) is 2.38. The fraction of sp³-hybridized carbons (Fsp3) is 0.286. The van der Waals surface area contributed by atoms with Gasteiger partial charge >= 0.3 is 6.03 Å². The topological polar surface area (TPSA) is 119 Å². The number of urea groups is 1. The van der Waals surface area contributed by atoms with E-state index in [9.17, 15) is 13.2 Å². The van der Waals surface area contributed by atoms with Crippen LogP contribution in [0.3, 0.4) is 0 Å². The van der Waals surface area contributed by atoms with Gasteiger partial charge in [-0.25, -0.2) is 18.4 Å². The Kier molecular flexibility index (Phi) is 5.02. The summed E-state index contributed by atoms with van der Waals surface area (Å²) in [7, 11) is -2.07. The molecule has 0 aliphatic rings. The molecule has 0 fully saturated rings. The van der Waals surface area contributed by atoms with Crippen molar-refractivity contribution >= 4 is 16.1 Å². The Morgan fingerprint density at radius 2 is 2.00 bits per heavy atom. The summed E-state index contributed by atoms with van der Waals surface area (Å²) in [4.78, 5) is 13.5. The van der Waals surface area contributed by atoms with E-state index in [2.05, 4.69) is 10.5 Å². The van der Waals surface area contributed by atoms with E-state index in [-0.39, 0.29) is 17.5 Å². The fourth-order valence-corrected chi connectivity index (χ4v) is 2.43. The van der Waals surface area contributed by atoms with Crippen molar-refractivity contribution in [3.05, 3.63) is 47.3 Å². The van der Waals surface area contributed by atoms with E-state index >= 15 is 0 Å². The van der Waals surface area contributed by atoms with Gasteiger partial charge in [-0.1, -0.05) is 17.3 Å². The molecule has 0 radical (unpaired) electrons. The monoisotopic (exact) mass is 338 g/mol. The molecule has 0 saturated carbocycles. The molecule has 23 heavy (non-hydrogen) atoms. The van der Waals surface area contributed by atoms with Gasteiger partial charge in [-0.3, -0.25) is 0 Å². The van der Waals surface area contributed by atoms with Crippen molar-refractivity contribution in [2.24, 2.45) is 5.14 Å². The number of primary sulfonamides is 1. The maximum atomic E-state index is 12.0. The molecule has 124 valence electrons. The number of aryl methyl sites for hydroxylation is 1. The molecule has 2 amide bonds. The first kappa shape index (κ1) is 17.0. The predicted octanol–water partition coefficient (Wildman–Crippen LogP) is 0.972. The second-order valence-electron chi connectivity index (χ2n) is 5.13. The van der Waals surface area contributed by atoms with Crippen LogP contribution in [0.1, 0.15) is 17.0 Å². The van der Waals surface area contributed by atoms with E-state index in [0.717, 1.165) is 5.56 Å². The van der Waals surface area contributed by atoms with Crippen molar-refractivity contribution < 1.29 is 17.7 Å². The van der Waals surface area contributed by atoms with Crippen LogP contribution in [0.5, 0.6) is 0 Å². The van der Waals surface area contributed by atoms with Gasteiger partial charge in [0.05, 0.1) is 11.4 Å². The number of nitrogens with one attached hydrogen (secondary N) is 1. The van der Waals surface area contributed by atoms with E-state index in [1.54, 1.807) is 32.2 Å². The molecule has 9 heteroatoms. The van der Waals surface area contributed by atoms with Gasteiger partial charge in [-0.15, -0.1) is 0 Å². The molecule has 0 aliphatic heterocycles. The molecule has 0 unspecified atom stereocenters. The molecular weight excluding hydrogens is 320 g/mol. The molecule has 0 bridgehead atoms. The third-order valence-electron chi connectivity index (χ3n) is 3.12. The summed E-state index contributed by atoms with van der Waals surface area (Å²) in [5.41, 5.74) is 1.43. The molecule has 2 rings (SSSR count). The van der Waals surface area contributed by atoms with Crippen LogP contribution in [-0.2, 0) is 23.1 Å². The number of sulfonamides is 1. The van der Waals surface area contributed by atoms with E-state index in [1.165, 1.54) is 17.0 Å². The molecule has 0 aliphatic carbocycles. The van der Waals surface area contributed by atoms with Crippen LogP contribution in [0.15, 0.2) is 39.8 Å². The Morgan fingerprint density at radius 1 is 1.35 bits per heavy atom. The Hall–Kier alpha value is -2.39. The van der Waals surface area contributed by atoms with Crippen molar-refractivity contribution in [2.45, 2.75) is 24.9 Å². The molecule has 8 nitrogen and oxygen atoms in total. The zero-order valence-electron chi connectivity index (χ0n) is 12.8. The lowest BCUT2D eigenvalue weighted by Gasteiger charge is -2.16. The molecule has 0 spiro atoms. The van der Waals surface area contributed by atoms with Crippen LogP contribution in [-0.4, -0.2) is 31.6 Å². The number of hydrogen-bond donors (Lipinski definition) is 2. The van der Waals surface area contributed by atoms with Crippen LogP contribution >= 0.6 is 0 Å². The maximum Gasteiger partial charge on any atom is 0.317 e. The average Bonchev–Trinajstić information content (AvgIpc) is 2.89. The van der Waals surface area contributed by atoms with Gasteiger partial charge in [0.2, 0.25) is 10.0 Å². The quantitative estimate of drug-likeness (QED) is 0.842. The van der Waals surface area contributed by atoms with Crippen molar-refractivity contribution in [1.29, 1.82) is 0 Å². The van der Waals surface area contributed by atoms with Gasteiger partial charge < -0.3 is 14.7 Å². The minimum Gasteiger partial charge on any atom is -0.361 e. The molecular formula is C14H18N4O4S. The highest BCUT2D eigenvalue weighted by Crippen LogP contribution is 2.09. The van der Waals surface area contributed by atoms with E-state index in [0.29, 0.717) is 18.0 Å². The SMILES string of the molecule is Cc1cc(CN(C)C(=O)NCc2ccc(S(N)(=O)=O)cc2)no1. The maximum absolute atomic E-state index is 12.0. The lowest BCUT2D eigenvalue weighted by Crippen LogP contribution is -2.36. The minimum absolute atomic E-state index is 0.0334. The number of rotatable bonds is 5. The Labute approximate surface area is 134 Å². The van der Waals surface area contributed by atoms with Crippen molar-refractivity contribution in [3.8, 4) is 0 Å². The van der Waals surface area contributed by atoms with Gasteiger partial charge in [0.15, 0.2) is 0 Å². The number of nitrogens with zero attached hydrogens (tertiary/aromatic N) is 2. The van der Waals surface area contributed by atoms with E-state index in [1.807, 2.05) is 0 Å². The number of carbonyl (C=O) groups is 1. The average molecular weight is 338 g/mol. The second kappa shape index (κ2) is 6.80. The molecule has 1 heterocycles. The predicted molar refractivity (Wildman–Crippen MR) is 82.8 cm³/mol. The first-order valence-electron chi connectivity index (χ1n) is 6.78. The number of benzene rings is 1. The van der Waals surface area contributed by atoms with Crippen molar-refractivity contribution in [1.82, 2.24) is 15.4 Å². The highest BCUT2D eigenvalue weighted by molar-refractivity contribution is 7.89. The van der Waals surface area contributed by atoms with Gasteiger partial charge in [-0.2, -0.15) is 0 Å². The largest absolute Gasteiger partial charge is 0.361 e. The third kappa shape index (κ3) is 4.80. The molecule has 0 atom stereocenters. The third-order valence-corrected chi connectivity index (χ3v) is 4.05. The smallest absolute Gasteiger partial charge is 0.317 e. The Bertz CT molecular complexity index is 783. The summed E-state index contributed by atoms with van der Waals surface area (Å²) < 4.78 is 27.3. The summed E-state index contributed by atoms with van der Waals surface area (Å²) >= 11 is 0. The first-order chi connectivity index (χ1) is 10.8. The summed E-state index contributed by atoms with van der Waals surface area (Å²) in [6, 6.07) is 7.48. The van der Waals surface area contributed by atoms with E-state index in [4.69, 9.17) is 9.66 Å². The van der Waals surface area contributed by atoms with Gasteiger partial charge in [0, 0.05) is 19.7 Å². The van der Waals surface area contributed by atoms with E-state index < -0.39 is 10.0 Å². The standard InChI is InChI=1S/C14H18N4O4S/c1-10-7-12(17-22-10)9-18(2)14(19)16-8-11-3-5-13(6-4-11)23(15,20)21/h3-7H,8-9H2,1-2H3,(H,16,19)(H2,15,20,21). The van der Waals surface area contributed by atoms with Crippen molar-refractivity contribution in [3.63, 3.8) is 0 Å². The number of amides is 2. The zero-order chi connectivity index (χ0) is 17.0. The molecule has 0 saturated heterocycles. The number of carbonyl (C=O) groups excluding carboxylic acids is 1. The number of nitrogens with two attached hydrogens (primary N) is 1. The molecule has 3 N–H and O–H groups in total. The Balaban J connectivity index is 1.88. The second-order valence-corrected chi connectivity index (χ2v) is 6.69.